The highest BCUT2D eigenvalue weighted by Crippen LogP contribution is 2.47. The van der Waals surface area contributed by atoms with Crippen molar-refractivity contribution in [3.63, 3.8) is 0 Å². The summed E-state index contributed by atoms with van der Waals surface area (Å²) in [5.74, 6) is 0.336. The molecule has 0 bridgehead atoms. The van der Waals surface area contributed by atoms with Gasteiger partial charge in [0.1, 0.15) is 0 Å². The molecule has 1 aromatic rings. The molecule has 3 rings (SSSR count). The van der Waals surface area contributed by atoms with Crippen LogP contribution in [-0.2, 0) is 10.3 Å². The van der Waals surface area contributed by atoms with Gasteiger partial charge in [-0.1, -0.05) is 18.9 Å². The van der Waals surface area contributed by atoms with Gasteiger partial charge < -0.3 is 9.84 Å². The summed E-state index contributed by atoms with van der Waals surface area (Å²) >= 11 is 1.66. The van der Waals surface area contributed by atoms with E-state index in [1.165, 1.54) is 25.7 Å². The molecule has 1 spiro atoms. The Bertz CT molecular complexity index is 391. The summed E-state index contributed by atoms with van der Waals surface area (Å²) in [6, 6.07) is 4.08. The first-order chi connectivity index (χ1) is 8.62. The Hall–Kier alpha value is -0.380. The average Bonchev–Trinajstić information content (AvgIpc) is 3.01. The van der Waals surface area contributed by atoms with Gasteiger partial charge in [-0.2, -0.15) is 0 Å². The van der Waals surface area contributed by atoms with E-state index in [0.29, 0.717) is 5.92 Å². The number of ether oxygens (including phenoxy) is 1. The molecule has 1 saturated carbocycles. The normalized spacial score (nSPS) is 30.4. The molecule has 100 valence electrons. The molecule has 2 fully saturated rings. The van der Waals surface area contributed by atoms with Crippen molar-refractivity contribution in [2.75, 3.05) is 6.61 Å². The van der Waals surface area contributed by atoms with Gasteiger partial charge in [0.2, 0.25) is 0 Å². The molecular weight excluding hydrogens is 244 g/mol. The maximum Gasteiger partial charge on any atom is 0.0989 e. The van der Waals surface area contributed by atoms with Crippen molar-refractivity contribution < 1.29 is 9.84 Å². The third-order valence-corrected chi connectivity index (χ3v) is 5.92. The quantitative estimate of drug-likeness (QED) is 0.884. The predicted octanol–water partition coefficient (Wildman–Crippen LogP) is 3.70. The van der Waals surface area contributed by atoms with E-state index in [1.54, 1.807) is 11.3 Å². The Kier molecular flexibility index (Phi) is 3.25. The molecule has 1 aromatic heterocycles. The van der Waals surface area contributed by atoms with E-state index in [1.807, 2.05) is 13.0 Å². The zero-order valence-electron chi connectivity index (χ0n) is 11.0. The molecule has 1 aliphatic heterocycles. The van der Waals surface area contributed by atoms with Crippen LogP contribution in [0.2, 0.25) is 0 Å². The SMILES string of the molecule is CC(O)(c1cccs1)C1CCOC2(CCCC2)C1. The van der Waals surface area contributed by atoms with Crippen LogP contribution in [0.1, 0.15) is 50.3 Å². The monoisotopic (exact) mass is 266 g/mol. The van der Waals surface area contributed by atoms with Crippen LogP contribution in [0.5, 0.6) is 0 Å². The first-order valence-electron chi connectivity index (χ1n) is 7.03. The lowest BCUT2D eigenvalue weighted by atomic mass is 9.75. The number of hydrogen-bond donors (Lipinski definition) is 1. The van der Waals surface area contributed by atoms with E-state index in [2.05, 4.69) is 11.4 Å². The molecule has 2 heterocycles. The zero-order chi connectivity index (χ0) is 12.6. The minimum atomic E-state index is -0.687. The summed E-state index contributed by atoms with van der Waals surface area (Å²) in [5.41, 5.74) is -0.600. The van der Waals surface area contributed by atoms with Crippen molar-refractivity contribution in [1.82, 2.24) is 0 Å². The smallest absolute Gasteiger partial charge is 0.0989 e. The molecule has 3 heteroatoms. The fourth-order valence-corrected chi connectivity index (χ4v) is 4.51. The summed E-state index contributed by atoms with van der Waals surface area (Å²) in [7, 11) is 0. The van der Waals surface area contributed by atoms with Gasteiger partial charge in [0, 0.05) is 11.5 Å². The minimum Gasteiger partial charge on any atom is -0.384 e. The van der Waals surface area contributed by atoms with Crippen LogP contribution in [0.3, 0.4) is 0 Å². The molecule has 1 aliphatic carbocycles. The topological polar surface area (TPSA) is 29.5 Å². The van der Waals surface area contributed by atoms with Crippen LogP contribution in [-0.4, -0.2) is 17.3 Å². The van der Waals surface area contributed by atoms with Crippen LogP contribution >= 0.6 is 11.3 Å². The zero-order valence-corrected chi connectivity index (χ0v) is 11.8. The molecule has 1 saturated heterocycles. The van der Waals surface area contributed by atoms with Crippen molar-refractivity contribution in [2.45, 2.75) is 56.7 Å². The molecule has 1 N–H and O–H groups in total. The van der Waals surface area contributed by atoms with E-state index in [4.69, 9.17) is 4.74 Å². The van der Waals surface area contributed by atoms with E-state index in [-0.39, 0.29) is 5.60 Å². The molecule has 0 radical (unpaired) electrons. The van der Waals surface area contributed by atoms with E-state index < -0.39 is 5.60 Å². The lowest BCUT2D eigenvalue weighted by Gasteiger charge is -2.43. The van der Waals surface area contributed by atoms with Gasteiger partial charge in [0.25, 0.3) is 0 Å². The minimum absolute atomic E-state index is 0.0875. The van der Waals surface area contributed by atoms with Gasteiger partial charge in [-0.05, 0) is 50.0 Å². The standard InChI is InChI=1S/C15H22O2S/c1-14(16,13-5-4-10-18-13)12-6-9-17-15(11-12)7-2-3-8-15/h4-5,10,12,16H,2-3,6-9,11H2,1H3. The lowest BCUT2D eigenvalue weighted by molar-refractivity contribution is -0.137. The van der Waals surface area contributed by atoms with Crippen molar-refractivity contribution in [2.24, 2.45) is 5.92 Å². The maximum atomic E-state index is 10.9. The fourth-order valence-electron chi connectivity index (χ4n) is 3.64. The number of hydrogen-bond acceptors (Lipinski definition) is 3. The summed E-state index contributed by atoms with van der Waals surface area (Å²) in [5, 5.41) is 12.9. The Balaban J connectivity index is 1.79. The van der Waals surface area contributed by atoms with Crippen LogP contribution in [0.4, 0.5) is 0 Å². The van der Waals surface area contributed by atoms with Crippen LogP contribution < -0.4 is 0 Å². The number of thiophene rings is 1. The highest BCUT2D eigenvalue weighted by molar-refractivity contribution is 7.10. The Morgan fingerprint density at radius 3 is 2.89 bits per heavy atom. The van der Waals surface area contributed by atoms with Crippen molar-refractivity contribution in [3.8, 4) is 0 Å². The molecule has 0 aromatic carbocycles. The van der Waals surface area contributed by atoms with Gasteiger partial charge >= 0.3 is 0 Å². The Morgan fingerprint density at radius 1 is 1.44 bits per heavy atom. The lowest BCUT2D eigenvalue weighted by Crippen LogP contribution is -2.44. The van der Waals surface area contributed by atoms with Gasteiger partial charge in [0.05, 0.1) is 11.2 Å². The highest BCUT2D eigenvalue weighted by atomic mass is 32.1. The fraction of sp³-hybridized carbons (Fsp3) is 0.733. The van der Waals surface area contributed by atoms with Gasteiger partial charge in [-0.25, -0.2) is 0 Å². The molecule has 2 nitrogen and oxygen atoms in total. The second kappa shape index (κ2) is 4.62. The van der Waals surface area contributed by atoms with Crippen molar-refractivity contribution in [1.29, 1.82) is 0 Å². The third-order valence-electron chi connectivity index (χ3n) is 4.82. The van der Waals surface area contributed by atoms with Crippen molar-refractivity contribution >= 4 is 11.3 Å². The Labute approximate surface area is 113 Å². The van der Waals surface area contributed by atoms with E-state index in [9.17, 15) is 5.11 Å². The van der Waals surface area contributed by atoms with Crippen LogP contribution in [0, 0.1) is 5.92 Å². The predicted molar refractivity (Wildman–Crippen MR) is 73.8 cm³/mol. The summed E-state index contributed by atoms with van der Waals surface area (Å²) in [4.78, 5) is 1.10. The molecule has 0 amide bonds. The number of aliphatic hydroxyl groups is 1. The van der Waals surface area contributed by atoms with Crippen LogP contribution in [0.15, 0.2) is 17.5 Å². The highest BCUT2D eigenvalue weighted by Gasteiger charge is 2.46. The summed E-state index contributed by atoms with van der Waals surface area (Å²) in [6.07, 6.45) is 6.94. The second-order valence-electron chi connectivity index (χ2n) is 6.05. The van der Waals surface area contributed by atoms with Gasteiger partial charge in [0.15, 0.2) is 0 Å². The first kappa shape index (κ1) is 12.6. The molecule has 2 atom stereocenters. The summed E-state index contributed by atoms with van der Waals surface area (Å²) in [6.45, 7) is 2.80. The van der Waals surface area contributed by atoms with E-state index in [0.717, 1.165) is 24.3 Å². The van der Waals surface area contributed by atoms with Crippen LogP contribution in [0.25, 0.3) is 0 Å². The van der Waals surface area contributed by atoms with E-state index >= 15 is 0 Å². The first-order valence-corrected chi connectivity index (χ1v) is 7.91. The Morgan fingerprint density at radius 2 is 2.22 bits per heavy atom. The van der Waals surface area contributed by atoms with Crippen molar-refractivity contribution in [3.05, 3.63) is 22.4 Å². The second-order valence-corrected chi connectivity index (χ2v) is 7.00. The molecule has 2 aliphatic rings. The number of rotatable bonds is 2. The largest absolute Gasteiger partial charge is 0.384 e. The summed E-state index contributed by atoms with van der Waals surface area (Å²) < 4.78 is 6.06. The molecule has 18 heavy (non-hydrogen) atoms. The molecule has 2 unspecified atom stereocenters. The maximum absolute atomic E-state index is 10.9. The average molecular weight is 266 g/mol. The van der Waals surface area contributed by atoms with Gasteiger partial charge in [-0.3, -0.25) is 0 Å². The third kappa shape index (κ3) is 2.13. The van der Waals surface area contributed by atoms with Gasteiger partial charge in [-0.15, -0.1) is 11.3 Å². The molecular formula is C15H22O2S.